The van der Waals surface area contributed by atoms with Gasteiger partial charge in [-0.15, -0.1) is 0 Å². The summed E-state index contributed by atoms with van der Waals surface area (Å²) >= 11 is 3.56. The highest BCUT2D eigenvalue weighted by molar-refractivity contribution is 9.10. The van der Waals surface area contributed by atoms with E-state index in [-0.39, 0.29) is 12.5 Å². The van der Waals surface area contributed by atoms with Crippen molar-refractivity contribution < 1.29 is 4.79 Å². The standard InChI is InChI=1S/C22H17BrN2O/c23-18-11-12-20-19(13-18)22(17-9-5-2-6-10-17)24-14-21(26)25(20)15-16-7-3-1-4-8-16/h1-13H,14-15H2. The summed E-state index contributed by atoms with van der Waals surface area (Å²) in [5.74, 6) is 0.00311. The first-order chi connectivity index (χ1) is 12.7. The fourth-order valence-corrected chi connectivity index (χ4v) is 3.53. The Bertz CT molecular complexity index is 968. The molecule has 4 rings (SSSR count). The number of carbonyl (C=O) groups excluding carboxylic acids is 1. The number of nitrogens with zero attached hydrogens (tertiary/aromatic N) is 2. The number of rotatable bonds is 3. The summed E-state index contributed by atoms with van der Waals surface area (Å²) in [6.45, 7) is 0.676. The first-order valence-electron chi connectivity index (χ1n) is 8.46. The molecule has 128 valence electrons. The van der Waals surface area contributed by atoms with E-state index < -0.39 is 0 Å². The molecule has 1 amide bonds. The third kappa shape index (κ3) is 3.33. The van der Waals surface area contributed by atoms with E-state index in [1.165, 1.54) is 0 Å². The molecule has 0 bridgehead atoms. The molecule has 3 aromatic carbocycles. The Hall–Kier alpha value is -2.72. The number of hydrogen-bond donors (Lipinski definition) is 0. The Labute approximate surface area is 161 Å². The van der Waals surface area contributed by atoms with Crippen molar-refractivity contribution in [2.24, 2.45) is 4.99 Å². The smallest absolute Gasteiger partial charge is 0.248 e. The fourth-order valence-electron chi connectivity index (χ4n) is 3.17. The van der Waals surface area contributed by atoms with Crippen LogP contribution in [-0.4, -0.2) is 18.2 Å². The number of aliphatic imine (C=N–C) groups is 1. The molecule has 0 fully saturated rings. The van der Waals surface area contributed by atoms with Gasteiger partial charge in [-0.2, -0.15) is 0 Å². The summed E-state index contributed by atoms with van der Waals surface area (Å²) in [6.07, 6.45) is 0. The third-order valence-corrected chi connectivity index (χ3v) is 4.90. The summed E-state index contributed by atoms with van der Waals surface area (Å²) in [5, 5.41) is 0. The molecular weight excluding hydrogens is 388 g/mol. The molecule has 1 heterocycles. The average Bonchev–Trinajstić information content (AvgIpc) is 2.80. The predicted molar refractivity (Wildman–Crippen MR) is 109 cm³/mol. The second-order valence-electron chi connectivity index (χ2n) is 6.16. The summed E-state index contributed by atoms with van der Waals surface area (Å²) in [6, 6.07) is 26.1. The summed E-state index contributed by atoms with van der Waals surface area (Å²) in [4.78, 5) is 19.3. The van der Waals surface area contributed by atoms with Crippen molar-refractivity contribution in [1.29, 1.82) is 0 Å². The van der Waals surface area contributed by atoms with Gasteiger partial charge in [0.05, 0.1) is 17.9 Å². The first-order valence-corrected chi connectivity index (χ1v) is 9.26. The van der Waals surface area contributed by atoms with Gasteiger partial charge in [0, 0.05) is 15.6 Å². The third-order valence-electron chi connectivity index (χ3n) is 4.41. The Kier molecular flexibility index (Phi) is 4.67. The lowest BCUT2D eigenvalue weighted by Crippen LogP contribution is -2.31. The van der Waals surface area contributed by atoms with Gasteiger partial charge in [0.2, 0.25) is 5.91 Å². The second-order valence-corrected chi connectivity index (χ2v) is 7.07. The van der Waals surface area contributed by atoms with Crippen LogP contribution >= 0.6 is 15.9 Å². The van der Waals surface area contributed by atoms with Gasteiger partial charge < -0.3 is 4.90 Å². The number of benzene rings is 3. The molecule has 0 unspecified atom stereocenters. The first kappa shape index (κ1) is 16.7. The summed E-state index contributed by atoms with van der Waals surface area (Å²) in [5.41, 5.74) is 4.82. The minimum absolute atomic E-state index is 0.00311. The Morgan fingerprint density at radius 1 is 0.923 bits per heavy atom. The van der Waals surface area contributed by atoms with E-state index in [9.17, 15) is 4.79 Å². The van der Waals surface area contributed by atoms with Gasteiger partial charge in [-0.1, -0.05) is 76.6 Å². The van der Waals surface area contributed by atoms with Crippen molar-refractivity contribution in [3.05, 3.63) is 100 Å². The van der Waals surface area contributed by atoms with Crippen LogP contribution in [-0.2, 0) is 11.3 Å². The minimum atomic E-state index is 0.00311. The molecule has 0 saturated heterocycles. The fraction of sp³-hybridized carbons (Fsp3) is 0.0909. The zero-order valence-electron chi connectivity index (χ0n) is 14.1. The maximum Gasteiger partial charge on any atom is 0.248 e. The zero-order valence-corrected chi connectivity index (χ0v) is 15.7. The van der Waals surface area contributed by atoms with Crippen molar-refractivity contribution in [3.8, 4) is 0 Å². The second kappa shape index (κ2) is 7.26. The Morgan fingerprint density at radius 3 is 2.35 bits per heavy atom. The largest absolute Gasteiger partial charge is 0.306 e. The van der Waals surface area contributed by atoms with E-state index in [0.29, 0.717) is 6.54 Å². The number of benzodiazepines with no additional fused rings is 1. The number of halogens is 1. The molecule has 1 aliphatic heterocycles. The molecule has 0 spiro atoms. The number of amides is 1. The van der Waals surface area contributed by atoms with Crippen LogP contribution in [0.4, 0.5) is 5.69 Å². The van der Waals surface area contributed by atoms with Crippen LogP contribution in [0.2, 0.25) is 0 Å². The van der Waals surface area contributed by atoms with Gasteiger partial charge in [-0.3, -0.25) is 9.79 Å². The molecule has 3 nitrogen and oxygen atoms in total. The maximum atomic E-state index is 12.9. The minimum Gasteiger partial charge on any atom is -0.306 e. The van der Waals surface area contributed by atoms with Crippen molar-refractivity contribution in [3.63, 3.8) is 0 Å². The molecule has 26 heavy (non-hydrogen) atoms. The lowest BCUT2D eigenvalue weighted by molar-refractivity contribution is -0.117. The van der Waals surface area contributed by atoms with Crippen LogP contribution in [0.5, 0.6) is 0 Å². The Balaban J connectivity index is 1.83. The lowest BCUT2D eigenvalue weighted by Gasteiger charge is -2.23. The van der Waals surface area contributed by atoms with Crippen LogP contribution in [0.1, 0.15) is 16.7 Å². The number of fused-ring (bicyclic) bond motifs is 1. The molecule has 0 radical (unpaired) electrons. The predicted octanol–water partition coefficient (Wildman–Crippen LogP) is 4.83. The van der Waals surface area contributed by atoms with Gasteiger partial charge in [0.15, 0.2) is 0 Å². The van der Waals surface area contributed by atoms with Crippen LogP contribution < -0.4 is 4.90 Å². The molecule has 3 aromatic rings. The van der Waals surface area contributed by atoms with Crippen LogP contribution in [0, 0.1) is 0 Å². The molecule has 0 atom stereocenters. The van der Waals surface area contributed by atoms with E-state index in [4.69, 9.17) is 0 Å². The van der Waals surface area contributed by atoms with E-state index >= 15 is 0 Å². The van der Waals surface area contributed by atoms with Gasteiger partial charge in [-0.05, 0) is 23.8 Å². The highest BCUT2D eigenvalue weighted by Crippen LogP contribution is 2.30. The number of anilines is 1. The average molecular weight is 405 g/mol. The topological polar surface area (TPSA) is 32.7 Å². The molecule has 0 saturated carbocycles. The van der Waals surface area contributed by atoms with E-state index in [0.717, 1.165) is 32.6 Å². The van der Waals surface area contributed by atoms with Crippen LogP contribution in [0.25, 0.3) is 0 Å². The molecular formula is C22H17BrN2O. The lowest BCUT2D eigenvalue weighted by atomic mass is 10.00. The SMILES string of the molecule is O=C1CN=C(c2ccccc2)c2cc(Br)ccc2N1Cc1ccccc1. The van der Waals surface area contributed by atoms with Crippen molar-refractivity contribution in [1.82, 2.24) is 0 Å². The van der Waals surface area contributed by atoms with E-state index in [1.54, 1.807) is 0 Å². The highest BCUT2D eigenvalue weighted by atomic mass is 79.9. The molecule has 0 aliphatic carbocycles. The zero-order chi connectivity index (χ0) is 17.9. The van der Waals surface area contributed by atoms with E-state index in [1.807, 2.05) is 83.8 Å². The van der Waals surface area contributed by atoms with Gasteiger partial charge in [0.25, 0.3) is 0 Å². The van der Waals surface area contributed by atoms with Crippen LogP contribution in [0.3, 0.4) is 0 Å². The van der Waals surface area contributed by atoms with Gasteiger partial charge in [0.1, 0.15) is 6.54 Å². The van der Waals surface area contributed by atoms with E-state index in [2.05, 4.69) is 20.9 Å². The van der Waals surface area contributed by atoms with Gasteiger partial charge in [-0.25, -0.2) is 0 Å². The number of carbonyl (C=O) groups is 1. The maximum absolute atomic E-state index is 12.9. The summed E-state index contributed by atoms with van der Waals surface area (Å²) < 4.78 is 0.967. The van der Waals surface area contributed by atoms with Crippen LogP contribution in [0.15, 0.2) is 88.3 Å². The molecule has 0 aromatic heterocycles. The molecule has 4 heteroatoms. The Morgan fingerprint density at radius 2 is 1.62 bits per heavy atom. The van der Waals surface area contributed by atoms with Crippen molar-refractivity contribution in [2.75, 3.05) is 11.4 Å². The summed E-state index contributed by atoms with van der Waals surface area (Å²) in [7, 11) is 0. The van der Waals surface area contributed by atoms with Gasteiger partial charge >= 0.3 is 0 Å². The monoisotopic (exact) mass is 404 g/mol. The molecule has 0 N–H and O–H groups in total. The molecule has 1 aliphatic rings. The van der Waals surface area contributed by atoms with Crippen molar-refractivity contribution >= 4 is 33.2 Å². The quantitative estimate of drug-likeness (QED) is 0.614. The number of hydrogen-bond acceptors (Lipinski definition) is 2. The normalized spacial score (nSPS) is 13.8. The van der Waals surface area contributed by atoms with Crippen molar-refractivity contribution in [2.45, 2.75) is 6.54 Å². The highest BCUT2D eigenvalue weighted by Gasteiger charge is 2.25.